The second-order valence-corrected chi connectivity index (χ2v) is 6.50. The third-order valence-electron chi connectivity index (χ3n) is 3.63. The number of anilines is 1. The van der Waals surface area contributed by atoms with E-state index >= 15 is 0 Å². The number of amides is 1. The number of carbonyl (C=O) groups excluding carboxylic acids is 1. The molecule has 0 spiro atoms. The molecule has 0 bridgehead atoms. The summed E-state index contributed by atoms with van der Waals surface area (Å²) in [5.41, 5.74) is 1.95. The number of aromatic nitrogens is 2. The monoisotopic (exact) mass is 353 g/mol. The lowest BCUT2D eigenvalue weighted by molar-refractivity contribution is 0.102. The molecule has 3 aromatic heterocycles. The quantitative estimate of drug-likeness (QED) is 0.565. The van der Waals surface area contributed by atoms with Gasteiger partial charge in [-0.1, -0.05) is 35.9 Å². The fraction of sp³-hybridized carbons (Fsp3) is 0. The van der Waals surface area contributed by atoms with E-state index in [1.807, 2.05) is 46.3 Å². The molecule has 0 unspecified atom stereocenters. The van der Waals surface area contributed by atoms with Crippen LogP contribution in [0.2, 0.25) is 5.02 Å². The predicted molar refractivity (Wildman–Crippen MR) is 97.9 cm³/mol. The summed E-state index contributed by atoms with van der Waals surface area (Å²) in [5.74, 6) is 0.377. The van der Waals surface area contributed by atoms with Crippen molar-refractivity contribution in [2.75, 3.05) is 5.32 Å². The summed E-state index contributed by atoms with van der Waals surface area (Å²) in [5, 5.41) is 5.37. The van der Waals surface area contributed by atoms with Crippen LogP contribution in [0.4, 0.5) is 5.82 Å². The van der Waals surface area contributed by atoms with E-state index < -0.39 is 0 Å². The van der Waals surface area contributed by atoms with Gasteiger partial charge < -0.3 is 5.32 Å². The van der Waals surface area contributed by atoms with Gasteiger partial charge in [-0.15, -0.1) is 11.3 Å². The van der Waals surface area contributed by atoms with Crippen LogP contribution in [-0.2, 0) is 0 Å². The molecule has 4 nitrogen and oxygen atoms in total. The van der Waals surface area contributed by atoms with E-state index in [0.29, 0.717) is 16.4 Å². The maximum Gasteiger partial charge on any atom is 0.258 e. The molecule has 4 rings (SSSR count). The number of imidazole rings is 1. The number of fused-ring (bicyclic) bond motifs is 1. The summed E-state index contributed by atoms with van der Waals surface area (Å²) >= 11 is 7.71. The minimum absolute atomic E-state index is 0.260. The molecule has 0 aliphatic carbocycles. The minimum Gasteiger partial charge on any atom is -0.306 e. The summed E-state index contributed by atoms with van der Waals surface area (Å²) in [7, 11) is 0. The fourth-order valence-corrected chi connectivity index (χ4v) is 3.46. The summed E-state index contributed by atoms with van der Waals surface area (Å²) in [6.45, 7) is 0. The van der Waals surface area contributed by atoms with Gasteiger partial charge in [0.25, 0.3) is 5.91 Å². The smallest absolute Gasteiger partial charge is 0.258 e. The van der Waals surface area contributed by atoms with E-state index in [-0.39, 0.29) is 5.91 Å². The van der Waals surface area contributed by atoms with Gasteiger partial charge in [0.15, 0.2) is 0 Å². The standard InChI is InChI=1S/C18H12ClN3OS/c19-13-7-2-1-6-12(13)18(23)21-17-16(14-8-5-11-24-14)20-15-9-3-4-10-22(15)17/h1-11H,(H,21,23). The number of hydrogen-bond acceptors (Lipinski definition) is 3. The van der Waals surface area contributed by atoms with Crippen LogP contribution in [0.15, 0.2) is 66.2 Å². The van der Waals surface area contributed by atoms with Crippen molar-refractivity contribution in [3.8, 4) is 10.6 Å². The molecule has 118 valence electrons. The van der Waals surface area contributed by atoms with Crippen molar-refractivity contribution < 1.29 is 4.79 Å². The molecule has 0 aliphatic rings. The number of pyridine rings is 1. The van der Waals surface area contributed by atoms with Gasteiger partial charge >= 0.3 is 0 Å². The number of benzene rings is 1. The molecular weight excluding hydrogens is 342 g/mol. The van der Waals surface area contributed by atoms with Crippen molar-refractivity contribution in [3.05, 3.63) is 76.8 Å². The van der Waals surface area contributed by atoms with E-state index in [2.05, 4.69) is 10.3 Å². The van der Waals surface area contributed by atoms with Crippen molar-refractivity contribution in [1.82, 2.24) is 9.38 Å². The lowest BCUT2D eigenvalue weighted by Crippen LogP contribution is -2.14. The maximum atomic E-state index is 12.7. The van der Waals surface area contributed by atoms with Crippen LogP contribution in [0.1, 0.15) is 10.4 Å². The lowest BCUT2D eigenvalue weighted by atomic mass is 10.2. The number of rotatable bonds is 3. The first kappa shape index (κ1) is 14.9. The Balaban J connectivity index is 1.82. The molecule has 1 amide bonds. The SMILES string of the molecule is O=C(Nc1c(-c2cccs2)nc2ccccn12)c1ccccc1Cl. The Kier molecular flexibility index (Phi) is 3.80. The van der Waals surface area contributed by atoms with Crippen LogP contribution >= 0.6 is 22.9 Å². The molecule has 6 heteroatoms. The topological polar surface area (TPSA) is 46.4 Å². The summed E-state index contributed by atoms with van der Waals surface area (Å²) in [6.07, 6.45) is 1.88. The highest BCUT2D eigenvalue weighted by molar-refractivity contribution is 7.13. The summed E-state index contributed by atoms with van der Waals surface area (Å²) < 4.78 is 1.86. The molecule has 0 saturated heterocycles. The first-order chi connectivity index (χ1) is 11.7. The van der Waals surface area contributed by atoms with Gasteiger partial charge in [0.05, 0.1) is 15.5 Å². The first-order valence-electron chi connectivity index (χ1n) is 7.31. The van der Waals surface area contributed by atoms with Crippen LogP contribution in [0, 0.1) is 0 Å². The summed E-state index contributed by atoms with van der Waals surface area (Å²) in [4.78, 5) is 18.3. The highest BCUT2D eigenvalue weighted by Gasteiger charge is 2.18. The summed E-state index contributed by atoms with van der Waals surface area (Å²) in [6, 6.07) is 16.7. The van der Waals surface area contributed by atoms with E-state index in [1.54, 1.807) is 35.6 Å². The number of nitrogens with one attached hydrogen (secondary N) is 1. The average molecular weight is 354 g/mol. The Bertz CT molecular complexity index is 1020. The third-order valence-corrected chi connectivity index (χ3v) is 4.84. The van der Waals surface area contributed by atoms with Crippen LogP contribution < -0.4 is 5.32 Å². The largest absolute Gasteiger partial charge is 0.306 e. The minimum atomic E-state index is -0.260. The highest BCUT2D eigenvalue weighted by Crippen LogP contribution is 2.32. The van der Waals surface area contributed by atoms with Crippen molar-refractivity contribution in [1.29, 1.82) is 0 Å². The Labute approximate surface area is 147 Å². The van der Waals surface area contributed by atoms with Gasteiger partial charge in [-0.25, -0.2) is 4.98 Å². The van der Waals surface area contributed by atoms with Gasteiger partial charge in [0, 0.05) is 6.20 Å². The zero-order chi connectivity index (χ0) is 16.5. The molecule has 1 aromatic carbocycles. The highest BCUT2D eigenvalue weighted by atomic mass is 35.5. The van der Waals surface area contributed by atoms with E-state index in [9.17, 15) is 4.79 Å². The lowest BCUT2D eigenvalue weighted by Gasteiger charge is -2.08. The molecule has 0 aliphatic heterocycles. The van der Waals surface area contributed by atoms with E-state index in [1.165, 1.54) is 0 Å². The fourth-order valence-electron chi connectivity index (χ4n) is 2.52. The van der Waals surface area contributed by atoms with Crippen molar-refractivity contribution in [2.24, 2.45) is 0 Å². The Morgan fingerprint density at radius 2 is 1.92 bits per heavy atom. The maximum absolute atomic E-state index is 12.7. The van der Waals surface area contributed by atoms with Crippen LogP contribution in [0.3, 0.4) is 0 Å². The van der Waals surface area contributed by atoms with Crippen molar-refractivity contribution >= 4 is 40.3 Å². The van der Waals surface area contributed by atoms with Gasteiger partial charge in [0.1, 0.15) is 17.2 Å². The predicted octanol–water partition coefficient (Wildman–Crippen LogP) is 4.97. The van der Waals surface area contributed by atoms with Crippen molar-refractivity contribution in [2.45, 2.75) is 0 Å². The molecule has 4 aromatic rings. The average Bonchev–Trinajstić information content (AvgIpc) is 3.23. The van der Waals surface area contributed by atoms with Gasteiger partial charge in [-0.3, -0.25) is 9.20 Å². The number of nitrogens with zero attached hydrogens (tertiary/aromatic N) is 2. The number of hydrogen-bond donors (Lipinski definition) is 1. The molecule has 3 heterocycles. The second-order valence-electron chi connectivity index (χ2n) is 5.15. The Morgan fingerprint density at radius 1 is 1.08 bits per heavy atom. The Morgan fingerprint density at radius 3 is 2.71 bits per heavy atom. The Hall–Kier alpha value is -2.63. The van der Waals surface area contributed by atoms with E-state index in [4.69, 9.17) is 11.6 Å². The van der Waals surface area contributed by atoms with Gasteiger partial charge in [0.2, 0.25) is 0 Å². The molecule has 0 radical (unpaired) electrons. The second kappa shape index (κ2) is 6.11. The third kappa shape index (κ3) is 2.58. The number of thiophene rings is 1. The molecule has 0 atom stereocenters. The molecule has 1 N–H and O–H groups in total. The number of halogens is 1. The van der Waals surface area contributed by atoms with Crippen LogP contribution in [-0.4, -0.2) is 15.3 Å². The first-order valence-corrected chi connectivity index (χ1v) is 8.56. The van der Waals surface area contributed by atoms with Crippen LogP contribution in [0.5, 0.6) is 0 Å². The zero-order valence-corrected chi connectivity index (χ0v) is 14.0. The molecular formula is C18H12ClN3OS. The van der Waals surface area contributed by atoms with Gasteiger partial charge in [-0.2, -0.15) is 0 Å². The molecule has 0 saturated carbocycles. The normalized spacial score (nSPS) is 10.9. The molecule has 24 heavy (non-hydrogen) atoms. The van der Waals surface area contributed by atoms with Gasteiger partial charge in [-0.05, 0) is 35.7 Å². The number of carbonyl (C=O) groups is 1. The van der Waals surface area contributed by atoms with E-state index in [0.717, 1.165) is 16.2 Å². The molecule has 0 fully saturated rings. The van der Waals surface area contributed by atoms with Crippen molar-refractivity contribution in [3.63, 3.8) is 0 Å². The van der Waals surface area contributed by atoms with Crippen LogP contribution in [0.25, 0.3) is 16.2 Å². The zero-order valence-electron chi connectivity index (χ0n) is 12.4.